The average Bonchev–Trinajstić information content (AvgIpc) is 3.16. The van der Waals surface area contributed by atoms with Crippen molar-refractivity contribution in [2.24, 2.45) is 0 Å². The van der Waals surface area contributed by atoms with Gasteiger partial charge in [0.25, 0.3) is 0 Å². The van der Waals surface area contributed by atoms with E-state index in [1.807, 2.05) is 11.8 Å². The zero-order chi connectivity index (χ0) is 21.5. The van der Waals surface area contributed by atoms with E-state index in [0.29, 0.717) is 0 Å². The number of hydrogen-bond donors (Lipinski definition) is 1. The van der Waals surface area contributed by atoms with Gasteiger partial charge in [0.15, 0.2) is 8.29 Å². The highest BCUT2D eigenvalue weighted by Crippen LogP contribution is 2.22. The zero-order valence-electron chi connectivity index (χ0n) is 19.7. The molecule has 1 N–H and O–H groups in total. The molecular formula is C25H48N2S3. The Morgan fingerprint density at radius 3 is 1.33 bits per heavy atom. The number of nitrogens with zero attached hydrogens (tertiary/aromatic N) is 1. The van der Waals surface area contributed by atoms with Crippen LogP contribution in [-0.4, -0.2) is 16.0 Å². The normalized spacial score (nSPS) is 11.4. The lowest BCUT2D eigenvalue weighted by Crippen LogP contribution is -1.85. The number of thioether (sulfide) groups is 1. The summed E-state index contributed by atoms with van der Waals surface area (Å²) >= 11 is 8.49. The topological polar surface area (TPSA) is 28.7 Å². The molecule has 176 valence electrons. The molecule has 5 heteroatoms. The number of H-pyrrole nitrogens is 1. The number of rotatable bonds is 23. The second-order valence-electron chi connectivity index (χ2n) is 8.80. The summed E-state index contributed by atoms with van der Waals surface area (Å²) in [6, 6.07) is 0. The lowest BCUT2D eigenvalue weighted by molar-refractivity contribution is 0.521. The standard InChI is InChI=1S/C25H48N2S3/c1-2-3-4-5-6-7-8-9-10-11-12-13-14-15-16-17-18-19-20-21-22-23-29-25-27-26-24(28)30-25/h2-23H2,1H3,(H,26,28). The minimum atomic E-state index is 0.788. The summed E-state index contributed by atoms with van der Waals surface area (Å²) in [6.07, 6.45) is 30.3. The van der Waals surface area contributed by atoms with Crippen LogP contribution >= 0.6 is 35.3 Å². The summed E-state index contributed by atoms with van der Waals surface area (Å²) in [6.45, 7) is 2.30. The lowest BCUT2D eigenvalue weighted by Gasteiger charge is -2.04. The van der Waals surface area contributed by atoms with Gasteiger partial charge in [0.1, 0.15) is 0 Å². The summed E-state index contributed by atoms with van der Waals surface area (Å²) in [5, 5.41) is 7.04. The van der Waals surface area contributed by atoms with E-state index in [0.717, 1.165) is 8.29 Å². The van der Waals surface area contributed by atoms with Crippen molar-refractivity contribution in [2.75, 3.05) is 5.75 Å². The van der Waals surface area contributed by atoms with Crippen molar-refractivity contribution in [2.45, 2.75) is 146 Å². The summed E-state index contributed by atoms with van der Waals surface area (Å²) in [5.74, 6) is 1.18. The van der Waals surface area contributed by atoms with E-state index < -0.39 is 0 Å². The number of nitrogens with one attached hydrogen (secondary N) is 1. The van der Waals surface area contributed by atoms with Crippen LogP contribution in [0, 0.1) is 3.95 Å². The molecule has 1 heterocycles. The van der Waals surface area contributed by atoms with Crippen LogP contribution < -0.4 is 0 Å². The first-order valence-corrected chi connectivity index (χ1v) is 15.2. The molecule has 0 atom stereocenters. The van der Waals surface area contributed by atoms with Crippen molar-refractivity contribution in [3.63, 3.8) is 0 Å². The Morgan fingerprint density at radius 2 is 1.00 bits per heavy atom. The van der Waals surface area contributed by atoms with Crippen LogP contribution in [0.2, 0.25) is 0 Å². The first kappa shape index (κ1) is 28.2. The van der Waals surface area contributed by atoms with Crippen LogP contribution in [0.25, 0.3) is 0 Å². The Labute approximate surface area is 200 Å². The molecule has 0 aliphatic heterocycles. The molecule has 0 unspecified atom stereocenters. The van der Waals surface area contributed by atoms with E-state index in [1.165, 1.54) is 141 Å². The molecule has 0 aliphatic carbocycles. The van der Waals surface area contributed by atoms with Crippen molar-refractivity contribution >= 4 is 35.3 Å². The van der Waals surface area contributed by atoms with Crippen LogP contribution in [0.3, 0.4) is 0 Å². The maximum atomic E-state index is 5.06. The molecule has 0 aliphatic rings. The number of hydrogen-bond acceptors (Lipinski definition) is 4. The Hall–Kier alpha value is 0.130. The molecule has 0 saturated carbocycles. The third-order valence-corrected chi connectivity index (χ3v) is 8.21. The molecule has 0 fully saturated rings. The quantitative estimate of drug-likeness (QED) is 0.0975. The Balaban J connectivity index is 1.66. The largest absolute Gasteiger partial charge is 0.257 e. The van der Waals surface area contributed by atoms with Gasteiger partial charge in [-0.25, -0.2) is 0 Å². The molecule has 0 saturated heterocycles. The fourth-order valence-corrected chi connectivity index (χ4v) is 6.12. The Bertz CT molecular complexity index is 512. The predicted molar refractivity (Wildman–Crippen MR) is 141 cm³/mol. The summed E-state index contributed by atoms with van der Waals surface area (Å²) < 4.78 is 1.88. The third kappa shape index (κ3) is 18.9. The summed E-state index contributed by atoms with van der Waals surface area (Å²) in [5.41, 5.74) is 0. The van der Waals surface area contributed by atoms with Crippen LogP contribution in [0.4, 0.5) is 0 Å². The van der Waals surface area contributed by atoms with Crippen molar-refractivity contribution in [3.8, 4) is 0 Å². The van der Waals surface area contributed by atoms with Gasteiger partial charge in [-0.1, -0.05) is 158 Å². The molecule has 0 amide bonds. The Morgan fingerprint density at radius 1 is 0.633 bits per heavy atom. The third-order valence-electron chi connectivity index (χ3n) is 5.89. The summed E-state index contributed by atoms with van der Waals surface area (Å²) in [7, 11) is 0. The van der Waals surface area contributed by atoms with E-state index in [2.05, 4.69) is 17.1 Å². The van der Waals surface area contributed by atoms with Crippen molar-refractivity contribution in [1.82, 2.24) is 10.2 Å². The van der Waals surface area contributed by atoms with Crippen molar-refractivity contribution in [1.29, 1.82) is 0 Å². The van der Waals surface area contributed by atoms with Gasteiger partial charge in [-0.15, -0.1) is 0 Å². The van der Waals surface area contributed by atoms with Crippen molar-refractivity contribution < 1.29 is 0 Å². The molecule has 0 radical (unpaired) electrons. The maximum absolute atomic E-state index is 5.06. The molecule has 0 spiro atoms. The smallest absolute Gasteiger partial charge is 0.177 e. The van der Waals surface area contributed by atoms with Gasteiger partial charge in [0.2, 0.25) is 0 Å². The van der Waals surface area contributed by atoms with Crippen LogP contribution in [0.1, 0.15) is 142 Å². The number of aromatic amines is 1. The fourth-order valence-electron chi connectivity index (χ4n) is 3.97. The van der Waals surface area contributed by atoms with Gasteiger partial charge in [0, 0.05) is 5.75 Å². The molecule has 30 heavy (non-hydrogen) atoms. The van der Waals surface area contributed by atoms with E-state index in [1.54, 1.807) is 11.3 Å². The van der Waals surface area contributed by atoms with Crippen LogP contribution in [0.5, 0.6) is 0 Å². The molecule has 1 aromatic heterocycles. The first-order chi connectivity index (χ1) is 14.8. The van der Waals surface area contributed by atoms with Crippen molar-refractivity contribution in [3.05, 3.63) is 3.95 Å². The second-order valence-corrected chi connectivity index (χ2v) is 11.8. The number of unbranched alkanes of at least 4 members (excludes halogenated alkanes) is 20. The zero-order valence-corrected chi connectivity index (χ0v) is 22.2. The first-order valence-electron chi connectivity index (χ1n) is 13.0. The van der Waals surface area contributed by atoms with Gasteiger partial charge in [-0.2, -0.15) is 5.10 Å². The van der Waals surface area contributed by atoms with Gasteiger partial charge < -0.3 is 0 Å². The van der Waals surface area contributed by atoms with E-state index in [4.69, 9.17) is 12.2 Å². The molecule has 2 nitrogen and oxygen atoms in total. The minimum absolute atomic E-state index is 0.788. The molecule has 0 aromatic carbocycles. The van der Waals surface area contributed by atoms with Crippen LogP contribution in [0.15, 0.2) is 4.34 Å². The van der Waals surface area contributed by atoms with Gasteiger partial charge in [-0.3, -0.25) is 5.10 Å². The van der Waals surface area contributed by atoms with Gasteiger partial charge in [-0.05, 0) is 18.6 Å². The predicted octanol–water partition coefficient (Wildman–Crippen LogP) is 10.5. The highest BCUT2D eigenvalue weighted by Gasteiger charge is 1.99. The molecule has 1 aromatic rings. The maximum Gasteiger partial charge on any atom is 0.177 e. The van der Waals surface area contributed by atoms with Crippen LogP contribution in [-0.2, 0) is 0 Å². The van der Waals surface area contributed by atoms with Gasteiger partial charge in [0.05, 0.1) is 0 Å². The second kappa shape index (κ2) is 22.3. The minimum Gasteiger partial charge on any atom is -0.257 e. The SMILES string of the molecule is CCCCCCCCCCCCCCCCCCCCCCCSc1n[nH]c(=S)s1. The fraction of sp³-hybridized carbons (Fsp3) is 0.920. The molecule has 0 bridgehead atoms. The number of aromatic nitrogens is 2. The molecule has 1 rings (SSSR count). The lowest BCUT2D eigenvalue weighted by atomic mass is 10.0. The van der Waals surface area contributed by atoms with E-state index in [-0.39, 0.29) is 0 Å². The Kier molecular flexibility index (Phi) is 21.0. The monoisotopic (exact) mass is 472 g/mol. The highest BCUT2D eigenvalue weighted by atomic mass is 32.2. The van der Waals surface area contributed by atoms with E-state index in [9.17, 15) is 0 Å². The highest BCUT2D eigenvalue weighted by molar-refractivity contribution is 8.01. The average molecular weight is 473 g/mol. The van der Waals surface area contributed by atoms with Gasteiger partial charge >= 0.3 is 0 Å². The summed E-state index contributed by atoms with van der Waals surface area (Å²) in [4.78, 5) is 0. The van der Waals surface area contributed by atoms with E-state index >= 15 is 0 Å². The molecular weight excluding hydrogens is 424 g/mol.